The molecule has 1 aromatic heterocycles. The maximum atomic E-state index is 14.1. The summed E-state index contributed by atoms with van der Waals surface area (Å²) >= 11 is 0. The number of hydrogen-bond acceptors (Lipinski definition) is 7. The lowest BCUT2D eigenvalue weighted by Gasteiger charge is -2.34. The van der Waals surface area contributed by atoms with Crippen LogP contribution in [-0.4, -0.2) is 48.8 Å². The number of methoxy groups -OCH3 is 2. The Balaban J connectivity index is 2.31. The van der Waals surface area contributed by atoms with Gasteiger partial charge in [-0.15, -0.1) is 6.58 Å². The van der Waals surface area contributed by atoms with Crippen LogP contribution in [0.15, 0.2) is 24.8 Å². The lowest BCUT2D eigenvalue weighted by molar-refractivity contribution is -0.145. The molecular formula is C26H33NO7. The standard InChI is InChI=1S/C26H33NO7/c1-8-13-26(15-19(28)33-9-2)14-12-17-20(23(26)29)16-10-11-18(31-6)22(32-7)21(16)27(17)24(30)34-25(3,4)5/h8,10-11H,1,9,12-15H2,2-7H3. The Kier molecular flexibility index (Phi) is 7.10. The molecule has 0 N–H and O–H groups in total. The van der Waals surface area contributed by atoms with Gasteiger partial charge in [0.1, 0.15) is 11.1 Å². The Hall–Kier alpha value is -3.29. The number of carbonyl (C=O) groups is 3. The highest BCUT2D eigenvalue weighted by molar-refractivity contribution is 6.16. The first-order chi connectivity index (χ1) is 16.0. The van der Waals surface area contributed by atoms with E-state index >= 15 is 0 Å². The van der Waals surface area contributed by atoms with Gasteiger partial charge in [0, 0.05) is 22.1 Å². The van der Waals surface area contributed by atoms with E-state index in [1.807, 2.05) is 0 Å². The summed E-state index contributed by atoms with van der Waals surface area (Å²) in [4.78, 5) is 39.9. The quantitative estimate of drug-likeness (QED) is 0.410. The highest BCUT2D eigenvalue weighted by Crippen LogP contribution is 2.48. The number of nitrogens with zero attached hydrogens (tertiary/aromatic N) is 1. The highest BCUT2D eigenvalue weighted by atomic mass is 16.6. The van der Waals surface area contributed by atoms with Gasteiger partial charge in [0.05, 0.1) is 27.2 Å². The number of allylic oxidation sites excluding steroid dienone is 1. The Morgan fingerprint density at radius 2 is 1.91 bits per heavy atom. The van der Waals surface area contributed by atoms with E-state index in [9.17, 15) is 14.4 Å². The molecule has 1 atom stereocenters. The largest absolute Gasteiger partial charge is 0.493 e. The fourth-order valence-electron chi connectivity index (χ4n) is 4.67. The summed E-state index contributed by atoms with van der Waals surface area (Å²) in [6.45, 7) is 11.1. The molecule has 2 aromatic rings. The van der Waals surface area contributed by atoms with E-state index in [-0.39, 0.29) is 18.8 Å². The normalized spacial score (nSPS) is 17.8. The van der Waals surface area contributed by atoms with Crippen LogP contribution in [0.3, 0.4) is 0 Å². The third-order valence-electron chi connectivity index (χ3n) is 6.02. The van der Waals surface area contributed by atoms with Gasteiger partial charge in [-0.25, -0.2) is 9.36 Å². The summed E-state index contributed by atoms with van der Waals surface area (Å²) in [5, 5.41) is 0.542. The minimum absolute atomic E-state index is 0.0580. The van der Waals surface area contributed by atoms with Crippen molar-refractivity contribution >= 4 is 28.7 Å². The Morgan fingerprint density at radius 1 is 1.21 bits per heavy atom. The van der Waals surface area contributed by atoms with Crippen LogP contribution in [0.25, 0.3) is 10.9 Å². The average Bonchev–Trinajstić information content (AvgIpc) is 3.09. The maximum Gasteiger partial charge on any atom is 0.419 e. The zero-order chi connectivity index (χ0) is 25.3. The second-order valence-corrected chi connectivity index (χ2v) is 9.42. The average molecular weight is 472 g/mol. The second kappa shape index (κ2) is 9.52. The van der Waals surface area contributed by atoms with Crippen molar-refractivity contribution in [2.45, 2.75) is 59.0 Å². The molecule has 0 spiro atoms. The Morgan fingerprint density at radius 3 is 2.47 bits per heavy atom. The van der Waals surface area contributed by atoms with Crippen molar-refractivity contribution in [2.24, 2.45) is 5.41 Å². The van der Waals surface area contributed by atoms with E-state index in [1.54, 1.807) is 45.9 Å². The van der Waals surface area contributed by atoms with E-state index < -0.39 is 23.1 Å². The molecule has 8 heteroatoms. The fraction of sp³-hybridized carbons (Fsp3) is 0.500. The van der Waals surface area contributed by atoms with Crippen LogP contribution >= 0.6 is 0 Å². The molecule has 0 saturated heterocycles. The summed E-state index contributed by atoms with van der Waals surface area (Å²) in [6.07, 6.45) is 2.04. The first-order valence-corrected chi connectivity index (χ1v) is 11.4. The molecule has 8 nitrogen and oxygen atoms in total. The predicted molar refractivity (Wildman–Crippen MR) is 128 cm³/mol. The number of ketones is 1. The van der Waals surface area contributed by atoms with Crippen LogP contribution in [0.5, 0.6) is 11.5 Å². The van der Waals surface area contributed by atoms with Crippen LogP contribution in [0.2, 0.25) is 0 Å². The highest BCUT2D eigenvalue weighted by Gasteiger charge is 2.47. The third kappa shape index (κ3) is 4.41. The van der Waals surface area contributed by atoms with Gasteiger partial charge in [0.15, 0.2) is 17.3 Å². The predicted octanol–water partition coefficient (Wildman–Crippen LogP) is 5.09. The summed E-state index contributed by atoms with van der Waals surface area (Å²) in [5.74, 6) is 0.0938. The molecule has 0 fully saturated rings. The molecule has 0 aliphatic heterocycles. The topological polar surface area (TPSA) is 93.1 Å². The van der Waals surface area contributed by atoms with Crippen molar-refractivity contribution in [3.63, 3.8) is 0 Å². The zero-order valence-electron chi connectivity index (χ0n) is 20.8. The minimum Gasteiger partial charge on any atom is -0.493 e. The Bertz CT molecular complexity index is 1140. The number of fused-ring (bicyclic) bond motifs is 3. The van der Waals surface area contributed by atoms with Gasteiger partial charge in [-0.1, -0.05) is 6.08 Å². The van der Waals surface area contributed by atoms with Gasteiger partial charge in [0.2, 0.25) is 0 Å². The molecule has 1 heterocycles. The first kappa shape index (κ1) is 25.3. The van der Waals surface area contributed by atoms with Crippen molar-refractivity contribution in [1.82, 2.24) is 4.57 Å². The number of esters is 1. The van der Waals surface area contributed by atoms with Crippen LogP contribution in [0.4, 0.5) is 4.79 Å². The van der Waals surface area contributed by atoms with Crippen LogP contribution in [0, 0.1) is 5.41 Å². The van der Waals surface area contributed by atoms with Crippen molar-refractivity contribution < 1.29 is 33.3 Å². The summed E-state index contributed by atoms with van der Waals surface area (Å²) in [7, 11) is 2.98. The molecule has 1 aliphatic carbocycles. The summed E-state index contributed by atoms with van der Waals surface area (Å²) in [6, 6.07) is 3.44. The number of carbonyl (C=O) groups excluding carboxylic acids is 3. The molecule has 0 amide bonds. The van der Waals surface area contributed by atoms with E-state index in [4.69, 9.17) is 18.9 Å². The Labute approximate surface area is 199 Å². The van der Waals surface area contributed by atoms with Crippen LogP contribution in [-0.2, 0) is 20.7 Å². The van der Waals surface area contributed by atoms with E-state index in [2.05, 4.69) is 6.58 Å². The van der Waals surface area contributed by atoms with Crippen molar-refractivity contribution in [2.75, 3.05) is 20.8 Å². The summed E-state index contributed by atoms with van der Waals surface area (Å²) in [5.41, 5.74) is -0.424. The second-order valence-electron chi connectivity index (χ2n) is 9.42. The van der Waals surface area contributed by atoms with Crippen molar-refractivity contribution in [1.29, 1.82) is 0 Å². The van der Waals surface area contributed by atoms with Gasteiger partial charge in [-0.3, -0.25) is 9.59 Å². The summed E-state index contributed by atoms with van der Waals surface area (Å²) < 4.78 is 23.3. The van der Waals surface area contributed by atoms with Gasteiger partial charge in [-0.05, 0) is 59.1 Å². The number of aromatic nitrogens is 1. The first-order valence-electron chi connectivity index (χ1n) is 11.4. The van der Waals surface area contributed by atoms with E-state index in [1.165, 1.54) is 18.8 Å². The number of ether oxygens (including phenoxy) is 4. The molecule has 0 bridgehead atoms. The molecule has 0 saturated carbocycles. The maximum absolute atomic E-state index is 14.1. The van der Waals surface area contributed by atoms with Crippen molar-refractivity contribution in [3.8, 4) is 11.5 Å². The molecule has 1 unspecified atom stereocenters. The third-order valence-corrected chi connectivity index (χ3v) is 6.02. The molecule has 1 aliphatic rings. The number of hydrogen-bond donors (Lipinski definition) is 0. The number of Topliss-reactive ketones (excluding diaryl/α,β-unsaturated/α-hetero) is 1. The number of benzene rings is 1. The lowest BCUT2D eigenvalue weighted by Crippen LogP contribution is -2.39. The van der Waals surface area contributed by atoms with Gasteiger partial charge >= 0.3 is 12.1 Å². The zero-order valence-corrected chi connectivity index (χ0v) is 20.8. The SMILES string of the molecule is C=CCC1(CC(=O)OCC)CCc2c(c3ccc(OC)c(OC)c3n2C(=O)OC(C)(C)C)C1=O. The van der Waals surface area contributed by atoms with Crippen molar-refractivity contribution in [3.05, 3.63) is 36.0 Å². The fourth-order valence-corrected chi connectivity index (χ4v) is 4.67. The molecule has 1 aromatic carbocycles. The van der Waals surface area contributed by atoms with E-state index in [0.717, 1.165) is 0 Å². The van der Waals surface area contributed by atoms with Gasteiger partial charge in [0.25, 0.3) is 0 Å². The van der Waals surface area contributed by atoms with E-state index in [0.29, 0.717) is 52.9 Å². The smallest absolute Gasteiger partial charge is 0.419 e. The molecule has 184 valence electrons. The minimum atomic E-state index is -0.999. The number of rotatable bonds is 7. The molecule has 34 heavy (non-hydrogen) atoms. The van der Waals surface area contributed by atoms with Crippen LogP contribution < -0.4 is 9.47 Å². The molecule has 3 rings (SSSR count). The van der Waals surface area contributed by atoms with Crippen LogP contribution in [0.1, 0.15) is 63.0 Å². The van der Waals surface area contributed by atoms with Gasteiger partial charge in [-0.2, -0.15) is 0 Å². The monoisotopic (exact) mass is 471 g/mol. The van der Waals surface area contributed by atoms with Gasteiger partial charge < -0.3 is 18.9 Å². The molecular weight excluding hydrogens is 438 g/mol. The lowest BCUT2D eigenvalue weighted by atomic mass is 9.67. The molecule has 0 radical (unpaired) electrons.